The molecule has 0 aliphatic carbocycles. The van der Waals surface area contributed by atoms with Gasteiger partial charge in [0.2, 0.25) is 0 Å². The summed E-state index contributed by atoms with van der Waals surface area (Å²) in [5.41, 5.74) is -1.12. The van der Waals surface area contributed by atoms with E-state index in [9.17, 15) is 35.5 Å². The van der Waals surface area contributed by atoms with Crippen molar-refractivity contribution in [1.29, 1.82) is 0 Å². The van der Waals surface area contributed by atoms with Crippen LogP contribution in [0.5, 0.6) is 5.75 Å². The quantitative estimate of drug-likeness (QED) is 0.133. The van der Waals surface area contributed by atoms with Gasteiger partial charge in [0, 0.05) is 28.3 Å². The highest BCUT2D eigenvalue weighted by atomic mass is 127. The largest absolute Gasteiger partial charge is 0.496 e. The summed E-state index contributed by atoms with van der Waals surface area (Å²) in [4.78, 5) is 14.7. The van der Waals surface area contributed by atoms with Crippen LogP contribution >= 0.6 is 22.6 Å². The number of alkyl halides is 6. The van der Waals surface area contributed by atoms with Crippen LogP contribution < -0.4 is 4.74 Å². The third-order valence-electron chi connectivity index (χ3n) is 7.64. The molecule has 12 heteroatoms. The zero-order valence-electron chi connectivity index (χ0n) is 25.5. The first-order valence-electron chi connectivity index (χ1n) is 14.3. The van der Waals surface area contributed by atoms with Crippen molar-refractivity contribution in [2.24, 2.45) is 0 Å². The minimum absolute atomic E-state index is 0.0211. The van der Waals surface area contributed by atoms with Crippen molar-refractivity contribution >= 4 is 39.5 Å². The van der Waals surface area contributed by atoms with E-state index in [4.69, 9.17) is 9.47 Å². The number of methoxy groups -OCH3 is 1. The second-order valence-corrected chi connectivity index (χ2v) is 12.2. The third kappa shape index (κ3) is 7.69. The predicted octanol–water partition coefficient (Wildman–Crippen LogP) is 11.1. The molecule has 0 bridgehead atoms. The molecule has 4 aromatic carbocycles. The van der Waals surface area contributed by atoms with Crippen molar-refractivity contribution in [2.45, 2.75) is 58.6 Å². The molecule has 0 radical (unpaired) electrons. The van der Waals surface area contributed by atoms with E-state index in [1.165, 1.54) is 25.0 Å². The molecule has 4 aromatic rings. The van der Waals surface area contributed by atoms with E-state index in [1.54, 1.807) is 13.0 Å². The molecule has 0 fully saturated rings. The summed E-state index contributed by atoms with van der Waals surface area (Å²) in [6.45, 7) is 6.66. The summed E-state index contributed by atoms with van der Waals surface area (Å²) >= 11 is 2.21. The maximum atomic E-state index is 14.9. The van der Waals surface area contributed by atoms with E-state index in [0.29, 0.717) is 34.4 Å². The lowest BCUT2D eigenvalue weighted by molar-refractivity contribution is -0.143. The highest BCUT2D eigenvalue weighted by molar-refractivity contribution is 14.1. The van der Waals surface area contributed by atoms with Crippen molar-refractivity contribution in [3.8, 4) is 16.9 Å². The van der Waals surface area contributed by atoms with E-state index < -0.39 is 47.1 Å². The number of benzene rings is 4. The van der Waals surface area contributed by atoms with Crippen LogP contribution in [0.15, 0.2) is 60.7 Å². The van der Waals surface area contributed by atoms with E-state index >= 15 is 0 Å². The molecule has 4 rings (SSSR count). The zero-order valence-corrected chi connectivity index (χ0v) is 27.7. The number of halogens is 8. The lowest BCUT2D eigenvalue weighted by Crippen LogP contribution is -2.32. The Morgan fingerprint density at radius 2 is 1.52 bits per heavy atom. The highest BCUT2D eigenvalue weighted by Crippen LogP contribution is 2.41. The van der Waals surface area contributed by atoms with E-state index in [-0.39, 0.29) is 30.8 Å². The average Bonchev–Trinajstić information content (AvgIpc) is 2.98. The van der Waals surface area contributed by atoms with Crippen molar-refractivity contribution in [3.63, 3.8) is 0 Å². The molecule has 46 heavy (non-hydrogen) atoms. The van der Waals surface area contributed by atoms with E-state index in [2.05, 4.69) is 22.6 Å². The fourth-order valence-corrected chi connectivity index (χ4v) is 5.80. The maximum absolute atomic E-state index is 14.9. The zero-order chi connectivity index (χ0) is 34.1. The molecule has 0 spiro atoms. The molecule has 0 saturated heterocycles. The molecule has 1 atom stereocenters. The van der Waals surface area contributed by atoms with Gasteiger partial charge in [-0.25, -0.2) is 9.18 Å². The number of carbonyl (C=O) groups is 1. The average molecular weight is 762 g/mol. The Labute approximate surface area is 275 Å². The van der Waals surface area contributed by atoms with Gasteiger partial charge in [0.15, 0.2) is 0 Å². The van der Waals surface area contributed by atoms with Crippen LogP contribution in [0, 0.1) is 9.39 Å². The standard InChI is InChI=1S/C34H31F7INO3/c1-6-43(32(44)46-19(4)21-11-23(33(36,37)38)13-24(12-21)34(39,40)41)17-22-10-20-8-7-9-30(42)27(20)15-26(22)28-14-25(18(2)3)29(35)16-31(28)45-5/h7-16,18-19H,6,17H2,1-5H3/t19-/m0/s1. The van der Waals surface area contributed by atoms with Crippen LogP contribution in [-0.4, -0.2) is 24.6 Å². The van der Waals surface area contributed by atoms with Crippen LogP contribution in [0.3, 0.4) is 0 Å². The topological polar surface area (TPSA) is 38.8 Å². The van der Waals surface area contributed by atoms with Gasteiger partial charge in [-0.05, 0) is 118 Å². The van der Waals surface area contributed by atoms with Crippen LogP contribution in [0.4, 0.5) is 35.5 Å². The smallest absolute Gasteiger partial charge is 0.416 e. The van der Waals surface area contributed by atoms with E-state index in [0.717, 1.165) is 14.3 Å². The Balaban J connectivity index is 1.76. The molecular formula is C34H31F7INO3. The Morgan fingerprint density at radius 1 is 0.891 bits per heavy atom. The summed E-state index contributed by atoms with van der Waals surface area (Å²) in [5.74, 6) is -0.299. The molecule has 246 valence electrons. The molecule has 1 amide bonds. The first kappa shape index (κ1) is 35.3. The van der Waals surface area contributed by atoms with Gasteiger partial charge in [0.25, 0.3) is 0 Å². The third-order valence-corrected chi connectivity index (χ3v) is 8.58. The van der Waals surface area contributed by atoms with E-state index in [1.807, 2.05) is 44.2 Å². The lowest BCUT2D eigenvalue weighted by Gasteiger charge is -2.26. The Kier molecular flexibility index (Phi) is 10.5. The molecule has 0 saturated carbocycles. The summed E-state index contributed by atoms with van der Waals surface area (Å²) < 4.78 is 107. The van der Waals surface area contributed by atoms with Gasteiger partial charge in [0.1, 0.15) is 17.7 Å². The highest BCUT2D eigenvalue weighted by Gasteiger charge is 2.37. The predicted molar refractivity (Wildman–Crippen MR) is 170 cm³/mol. The summed E-state index contributed by atoms with van der Waals surface area (Å²) in [7, 11) is 1.42. The Bertz CT molecular complexity index is 1720. The molecule has 0 heterocycles. The maximum Gasteiger partial charge on any atom is 0.416 e. The van der Waals surface area contributed by atoms with Crippen LogP contribution in [0.2, 0.25) is 0 Å². The number of nitrogens with zero attached hydrogens (tertiary/aromatic N) is 1. The SMILES string of the molecule is CCN(Cc1cc2cccc(I)c2cc1-c1cc(C(C)C)c(F)cc1OC)C(=O)O[C@@H](C)c1cc(C(F)(F)F)cc(C(F)(F)F)c1. The van der Waals surface area contributed by atoms with Gasteiger partial charge in [-0.2, -0.15) is 26.3 Å². The monoisotopic (exact) mass is 761 g/mol. The Morgan fingerprint density at radius 3 is 2.07 bits per heavy atom. The minimum Gasteiger partial charge on any atom is -0.496 e. The van der Waals surface area contributed by atoms with Gasteiger partial charge in [0.05, 0.1) is 18.2 Å². The van der Waals surface area contributed by atoms with Crippen molar-refractivity contribution in [2.75, 3.05) is 13.7 Å². The normalized spacial score (nSPS) is 12.8. The summed E-state index contributed by atoms with van der Waals surface area (Å²) in [6, 6.07) is 13.6. The first-order chi connectivity index (χ1) is 21.4. The molecule has 0 aromatic heterocycles. The number of hydrogen-bond donors (Lipinski definition) is 0. The number of hydrogen-bond acceptors (Lipinski definition) is 3. The fourth-order valence-electron chi connectivity index (χ4n) is 5.13. The molecule has 0 aliphatic heterocycles. The Hall–Kier alpha value is -3.55. The molecule has 0 N–H and O–H groups in total. The number of carbonyl (C=O) groups excluding carboxylic acids is 1. The molecular weight excluding hydrogens is 730 g/mol. The van der Waals surface area contributed by atoms with Crippen LogP contribution in [0.1, 0.15) is 67.5 Å². The van der Waals surface area contributed by atoms with Gasteiger partial charge >= 0.3 is 18.4 Å². The van der Waals surface area contributed by atoms with Gasteiger partial charge < -0.3 is 14.4 Å². The molecule has 0 aliphatic rings. The van der Waals surface area contributed by atoms with Crippen molar-refractivity contribution < 1.29 is 45.0 Å². The van der Waals surface area contributed by atoms with Crippen molar-refractivity contribution in [1.82, 2.24) is 4.90 Å². The van der Waals surface area contributed by atoms with Crippen LogP contribution in [0.25, 0.3) is 21.9 Å². The first-order valence-corrected chi connectivity index (χ1v) is 15.4. The summed E-state index contributed by atoms with van der Waals surface area (Å²) in [6.07, 6.45) is -12.5. The minimum atomic E-state index is -5.05. The second-order valence-electron chi connectivity index (χ2n) is 11.1. The molecule has 0 unspecified atom stereocenters. The lowest BCUT2D eigenvalue weighted by atomic mass is 9.91. The van der Waals surface area contributed by atoms with Gasteiger partial charge in [-0.3, -0.25) is 0 Å². The number of ether oxygens (including phenoxy) is 2. The number of rotatable bonds is 8. The van der Waals surface area contributed by atoms with Gasteiger partial charge in [-0.15, -0.1) is 0 Å². The number of fused-ring (bicyclic) bond motifs is 1. The molecule has 4 nitrogen and oxygen atoms in total. The number of amides is 1. The fraction of sp³-hybridized carbons (Fsp3) is 0.324. The van der Waals surface area contributed by atoms with Crippen LogP contribution in [-0.2, 0) is 23.6 Å². The second kappa shape index (κ2) is 13.7. The van der Waals surface area contributed by atoms with Crippen molar-refractivity contribution in [3.05, 3.63) is 97.9 Å². The van der Waals surface area contributed by atoms with Gasteiger partial charge in [-0.1, -0.05) is 26.0 Å². The summed E-state index contributed by atoms with van der Waals surface area (Å²) in [5, 5.41) is 1.76.